The lowest BCUT2D eigenvalue weighted by molar-refractivity contribution is 0.0596. The van der Waals surface area contributed by atoms with Crippen molar-refractivity contribution in [2.24, 2.45) is 0 Å². The second-order valence-corrected chi connectivity index (χ2v) is 7.87. The molecule has 3 aromatic carbocycles. The summed E-state index contributed by atoms with van der Waals surface area (Å²) in [4.78, 5) is 15.2. The van der Waals surface area contributed by atoms with Crippen LogP contribution in [-0.4, -0.2) is 46.7 Å². The van der Waals surface area contributed by atoms with E-state index in [9.17, 15) is 4.79 Å². The van der Waals surface area contributed by atoms with Crippen LogP contribution in [-0.2, 0) is 6.42 Å². The third kappa shape index (κ3) is 4.18. The lowest BCUT2D eigenvalue weighted by Gasteiger charge is -2.35. The molecule has 1 fully saturated rings. The molecule has 0 saturated carbocycles. The van der Waals surface area contributed by atoms with Crippen LogP contribution in [0.2, 0.25) is 0 Å². The molecule has 1 aliphatic heterocycles. The maximum absolute atomic E-state index is 13.3. The van der Waals surface area contributed by atoms with Crippen LogP contribution in [0, 0.1) is 0 Å². The van der Waals surface area contributed by atoms with Crippen LogP contribution in [0.5, 0.6) is 0 Å². The van der Waals surface area contributed by atoms with Crippen molar-refractivity contribution >= 4 is 5.91 Å². The Morgan fingerprint density at radius 2 is 1.59 bits per heavy atom. The second-order valence-electron chi connectivity index (χ2n) is 7.87. The quantitative estimate of drug-likeness (QED) is 0.523. The highest BCUT2D eigenvalue weighted by atomic mass is 16.4. The van der Waals surface area contributed by atoms with Gasteiger partial charge in [0, 0.05) is 31.2 Å². The molecule has 2 heterocycles. The molecule has 160 valence electrons. The lowest BCUT2D eigenvalue weighted by Crippen LogP contribution is -2.54. The van der Waals surface area contributed by atoms with Gasteiger partial charge >= 0.3 is 11.8 Å². The van der Waals surface area contributed by atoms with Gasteiger partial charge in [0.05, 0.1) is 0 Å². The van der Waals surface area contributed by atoms with Crippen LogP contribution in [0.1, 0.15) is 16.2 Å². The van der Waals surface area contributed by atoms with Crippen molar-refractivity contribution < 1.29 is 9.21 Å². The van der Waals surface area contributed by atoms with Gasteiger partial charge in [0.1, 0.15) is 0 Å². The summed E-state index contributed by atoms with van der Waals surface area (Å²) in [5, 5.41) is 11.7. The third-order valence-corrected chi connectivity index (χ3v) is 5.78. The molecular formula is C26H24N4O2. The number of piperazine rings is 1. The van der Waals surface area contributed by atoms with Crippen LogP contribution in [0.3, 0.4) is 0 Å². The number of carbonyl (C=O) groups excluding carboxylic acids is 1. The first-order valence-electron chi connectivity index (χ1n) is 10.8. The Morgan fingerprint density at radius 3 is 2.38 bits per heavy atom. The summed E-state index contributed by atoms with van der Waals surface area (Å²) in [5.41, 5.74) is 4.05. The number of carbonyl (C=O) groups is 1. The topological polar surface area (TPSA) is 71.3 Å². The SMILES string of the molecule is O=C(c1nnc(-c2ccccc2-c2ccccc2)o1)N1CCNCC1Cc1ccccc1. The summed E-state index contributed by atoms with van der Waals surface area (Å²) < 4.78 is 5.91. The molecule has 0 aliphatic carbocycles. The van der Waals surface area contributed by atoms with E-state index < -0.39 is 0 Å². The zero-order valence-corrected chi connectivity index (χ0v) is 17.6. The number of benzene rings is 3. The van der Waals surface area contributed by atoms with Crippen molar-refractivity contribution in [3.63, 3.8) is 0 Å². The van der Waals surface area contributed by atoms with E-state index >= 15 is 0 Å². The van der Waals surface area contributed by atoms with Gasteiger partial charge < -0.3 is 14.6 Å². The zero-order valence-electron chi connectivity index (χ0n) is 17.6. The fraction of sp³-hybridized carbons (Fsp3) is 0.192. The fourth-order valence-electron chi connectivity index (χ4n) is 4.18. The number of hydrogen-bond acceptors (Lipinski definition) is 5. The van der Waals surface area contributed by atoms with E-state index in [2.05, 4.69) is 27.6 Å². The van der Waals surface area contributed by atoms with Gasteiger partial charge in [0.2, 0.25) is 5.89 Å². The molecule has 0 bridgehead atoms. The van der Waals surface area contributed by atoms with Crippen molar-refractivity contribution in [3.05, 3.63) is 96.4 Å². The van der Waals surface area contributed by atoms with E-state index in [-0.39, 0.29) is 17.8 Å². The predicted octanol–water partition coefficient (Wildman–Crippen LogP) is 4.06. The van der Waals surface area contributed by atoms with Gasteiger partial charge in [-0.15, -0.1) is 10.2 Å². The highest BCUT2D eigenvalue weighted by Crippen LogP contribution is 2.31. The summed E-state index contributed by atoms with van der Waals surface area (Å²) in [5.74, 6) is 0.161. The lowest BCUT2D eigenvalue weighted by atomic mass is 10.00. The van der Waals surface area contributed by atoms with E-state index in [1.165, 1.54) is 5.56 Å². The van der Waals surface area contributed by atoms with Crippen LogP contribution in [0.15, 0.2) is 89.3 Å². The smallest absolute Gasteiger partial charge is 0.311 e. The van der Waals surface area contributed by atoms with Crippen molar-refractivity contribution in [1.29, 1.82) is 0 Å². The van der Waals surface area contributed by atoms with Gasteiger partial charge in [-0.05, 0) is 29.2 Å². The molecule has 1 aliphatic rings. The van der Waals surface area contributed by atoms with Crippen molar-refractivity contribution in [3.8, 4) is 22.6 Å². The van der Waals surface area contributed by atoms with Crippen LogP contribution in [0.25, 0.3) is 22.6 Å². The monoisotopic (exact) mass is 424 g/mol. The Kier molecular flexibility index (Phi) is 5.77. The number of hydrogen-bond donors (Lipinski definition) is 1. The first-order chi connectivity index (χ1) is 15.8. The Hall–Kier alpha value is -3.77. The van der Waals surface area contributed by atoms with Crippen LogP contribution >= 0.6 is 0 Å². The molecule has 4 aromatic rings. The van der Waals surface area contributed by atoms with Gasteiger partial charge in [0.15, 0.2) is 0 Å². The van der Waals surface area contributed by atoms with Crippen molar-refractivity contribution in [2.75, 3.05) is 19.6 Å². The Labute approximate surface area is 186 Å². The molecule has 1 N–H and O–H groups in total. The Morgan fingerprint density at radius 1 is 0.906 bits per heavy atom. The van der Waals surface area contributed by atoms with Gasteiger partial charge in [-0.25, -0.2) is 0 Å². The average molecular weight is 425 g/mol. The summed E-state index contributed by atoms with van der Waals surface area (Å²) >= 11 is 0. The predicted molar refractivity (Wildman–Crippen MR) is 123 cm³/mol. The minimum Gasteiger partial charge on any atom is -0.412 e. The minimum atomic E-state index is -0.219. The largest absolute Gasteiger partial charge is 0.412 e. The van der Waals surface area contributed by atoms with Crippen molar-refractivity contribution in [2.45, 2.75) is 12.5 Å². The summed E-state index contributed by atoms with van der Waals surface area (Å²) in [6.45, 7) is 2.09. The van der Waals surface area contributed by atoms with Crippen LogP contribution in [0.4, 0.5) is 0 Å². The number of amides is 1. The molecule has 1 aromatic heterocycles. The van der Waals surface area contributed by atoms with Gasteiger partial charge in [0.25, 0.3) is 0 Å². The van der Waals surface area contributed by atoms with E-state index in [1.807, 2.05) is 77.7 Å². The molecule has 5 rings (SSSR count). The van der Waals surface area contributed by atoms with Gasteiger partial charge in [-0.2, -0.15) is 0 Å². The summed E-state index contributed by atoms with van der Waals surface area (Å²) in [7, 11) is 0. The Balaban J connectivity index is 1.40. The summed E-state index contributed by atoms with van der Waals surface area (Å²) in [6.07, 6.45) is 0.775. The normalized spacial score (nSPS) is 16.1. The molecule has 6 nitrogen and oxygen atoms in total. The molecule has 1 saturated heterocycles. The standard InChI is InChI=1S/C26H24N4O2/c31-26(30-16-15-27-18-21(30)17-19-9-3-1-4-10-19)25-29-28-24(32-25)23-14-8-7-13-22(23)20-11-5-2-6-12-20/h1-14,21,27H,15-18H2. The minimum absolute atomic E-state index is 0.0304. The molecule has 0 radical (unpaired) electrons. The van der Waals surface area contributed by atoms with Crippen molar-refractivity contribution in [1.82, 2.24) is 20.4 Å². The highest BCUT2D eigenvalue weighted by molar-refractivity contribution is 5.90. The zero-order chi connectivity index (χ0) is 21.8. The number of aromatic nitrogens is 2. The van der Waals surface area contributed by atoms with E-state index in [0.29, 0.717) is 12.4 Å². The number of nitrogens with zero attached hydrogens (tertiary/aromatic N) is 3. The third-order valence-electron chi connectivity index (χ3n) is 5.78. The fourth-order valence-corrected chi connectivity index (χ4v) is 4.18. The maximum atomic E-state index is 13.3. The molecule has 0 spiro atoms. The van der Waals surface area contributed by atoms with Gasteiger partial charge in [-0.3, -0.25) is 4.79 Å². The first kappa shape index (κ1) is 20.2. The molecule has 1 unspecified atom stereocenters. The molecule has 32 heavy (non-hydrogen) atoms. The van der Waals surface area contributed by atoms with Gasteiger partial charge in [-0.1, -0.05) is 78.9 Å². The average Bonchev–Trinajstić information content (AvgIpc) is 3.35. The maximum Gasteiger partial charge on any atom is 0.311 e. The first-order valence-corrected chi connectivity index (χ1v) is 10.8. The molecule has 1 atom stereocenters. The molecule has 1 amide bonds. The molecular weight excluding hydrogens is 400 g/mol. The van der Waals surface area contributed by atoms with E-state index in [1.54, 1.807) is 0 Å². The van der Waals surface area contributed by atoms with E-state index in [4.69, 9.17) is 4.42 Å². The molecule has 6 heteroatoms. The van der Waals surface area contributed by atoms with Crippen LogP contribution < -0.4 is 5.32 Å². The number of nitrogens with one attached hydrogen (secondary N) is 1. The summed E-state index contributed by atoms with van der Waals surface area (Å²) in [6, 6.07) is 28.1. The highest BCUT2D eigenvalue weighted by Gasteiger charge is 2.31. The second kappa shape index (κ2) is 9.16. The Bertz CT molecular complexity index is 1190. The van der Waals surface area contributed by atoms with E-state index in [0.717, 1.165) is 36.2 Å². The number of rotatable bonds is 5.